The third-order valence-electron chi connectivity index (χ3n) is 2.82. The van der Waals surface area contributed by atoms with Gasteiger partial charge in [-0.1, -0.05) is 42.1 Å². The molecule has 1 aliphatic rings. The van der Waals surface area contributed by atoms with E-state index in [1.54, 1.807) is 24.3 Å². The number of hydrogen-bond acceptors (Lipinski definition) is 3. The number of phenols is 1. The number of phenolic OH excluding ortho intramolecular Hbond substituents is 1. The van der Waals surface area contributed by atoms with Crippen molar-refractivity contribution >= 4 is 11.8 Å². The van der Waals surface area contributed by atoms with E-state index in [1.807, 2.05) is 30.7 Å². The second kappa shape index (κ2) is 3.79. The summed E-state index contributed by atoms with van der Waals surface area (Å²) in [6.45, 7) is 0. The predicted octanol–water partition coefficient (Wildman–Crippen LogP) is 2.90. The molecule has 3 rings (SSSR count). The van der Waals surface area contributed by atoms with E-state index in [2.05, 4.69) is 0 Å². The fraction of sp³-hybridized carbons (Fsp3) is 0.0714. The van der Waals surface area contributed by atoms with E-state index in [4.69, 9.17) is 0 Å². The van der Waals surface area contributed by atoms with Gasteiger partial charge in [0.05, 0.1) is 0 Å². The van der Waals surface area contributed by atoms with Crippen LogP contribution in [0.2, 0.25) is 0 Å². The van der Waals surface area contributed by atoms with Gasteiger partial charge in [-0.15, -0.1) is 0 Å². The molecule has 0 aromatic heterocycles. The molecule has 17 heavy (non-hydrogen) atoms. The summed E-state index contributed by atoms with van der Waals surface area (Å²) in [6, 6.07) is 14.6. The Hall–Kier alpha value is -1.45. The van der Waals surface area contributed by atoms with E-state index in [9.17, 15) is 10.2 Å². The zero-order chi connectivity index (χ0) is 11.9. The summed E-state index contributed by atoms with van der Waals surface area (Å²) in [5.41, 5.74) is 1.82. The van der Waals surface area contributed by atoms with Gasteiger partial charge in [0, 0.05) is 11.3 Å². The summed E-state index contributed by atoms with van der Waals surface area (Å²) in [7, 11) is 0. The zero-order valence-electron chi connectivity index (χ0n) is 9.00. The minimum atomic E-state index is -1.03. The fourth-order valence-corrected chi connectivity index (χ4v) is 3.11. The second-order valence-corrected chi connectivity index (χ2v) is 5.29. The van der Waals surface area contributed by atoms with Gasteiger partial charge in [0.15, 0.2) is 0 Å². The second-order valence-electron chi connectivity index (χ2n) is 4.03. The van der Waals surface area contributed by atoms with Gasteiger partial charge in [-0.2, -0.15) is 0 Å². The van der Waals surface area contributed by atoms with E-state index in [-0.39, 0.29) is 5.75 Å². The lowest BCUT2D eigenvalue weighted by Gasteiger charge is -2.21. The first-order valence-electron chi connectivity index (χ1n) is 5.33. The Morgan fingerprint density at radius 1 is 0.941 bits per heavy atom. The Labute approximate surface area is 104 Å². The third-order valence-corrected chi connectivity index (χ3v) is 4.07. The highest BCUT2D eigenvalue weighted by Crippen LogP contribution is 2.50. The molecule has 85 valence electrons. The lowest BCUT2D eigenvalue weighted by Crippen LogP contribution is -2.17. The first-order valence-corrected chi connectivity index (χ1v) is 6.15. The first kappa shape index (κ1) is 10.7. The smallest absolute Gasteiger partial charge is 0.148 e. The first-order chi connectivity index (χ1) is 8.17. The standard InChI is InChI=1S/C14H11O2S/c15-12-7-5-11(6-8-12)14(16)9-10-3-1-2-4-13(10)17-14/h1-9,15-16H. The van der Waals surface area contributed by atoms with Gasteiger partial charge >= 0.3 is 0 Å². The summed E-state index contributed by atoms with van der Waals surface area (Å²) in [4.78, 5) is 0.0419. The summed E-state index contributed by atoms with van der Waals surface area (Å²) in [5, 5.41) is 19.9. The van der Waals surface area contributed by atoms with E-state index in [0.717, 1.165) is 16.0 Å². The lowest BCUT2D eigenvalue weighted by atomic mass is 10.0. The van der Waals surface area contributed by atoms with Crippen LogP contribution < -0.4 is 0 Å². The number of aliphatic hydroxyl groups is 1. The number of hydrogen-bond donors (Lipinski definition) is 2. The van der Waals surface area contributed by atoms with Crippen molar-refractivity contribution in [2.75, 3.05) is 0 Å². The van der Waals surface area contributed by atoms with Gasteiger partial charge in [-0.3, -0.25) is 0 Å². The molecule has 1 atom stereocenters. The summed E-state index contributed by atoms with van der Waals surface area (Å²) < 4.78 is 0. The molecule has 1 aliphatic heterocycles. The summed E-state index contributed by atoms with van der Waals surface area (Å²) >= 11 is 1.42. The number of fused-ring (bicyclic) bond motifs is 1. The molecule has 1 radical (unpaired) electrons. The topological polar surface area (TPSA) is 40.5 Å². The van der Waals surface area contributed by atoms with Crippen LogP contribution >= 0.6 is 11.8 Å². The summed E-state index contributed by atoms with van der Waals surface area (Å²) in [6.07, 6.45) is 1.85. The largest absolute Gasteiger partial charge is 0.508 e. The van der Waals surface area contributed by atoms with Gasteiger partial charge in [-0.05, 0) is 29.3 Å². The normalized spacial score (nSPS) is 22.4. The molecule has 0 spiro atoms. The molecular formula is C14H11O2S. The molecule has 2 nitrogen and oxygen atoms in total. The summed E-state index contributed by atoms with van der Waals surface area (Å²) in [5.74, 6) is 0.206. The monoisotopic (exact) mass is 243 g/mol. The minimum Gasteiger partial charge on any atom is -0.508 e. The highest BCUT2D eigenvalue weighted by Gasteiger charge is 2.37. The molecular weight excluding hydrogens is 232 g/mol. The maximum absolute atomic E-state index is 10.6. The van der Waals surface area contributed by atoms with Crippen LogP contribution in [0.4, 0.5) is 0 Å². The highest BCUT2D eigenvalue weighted by molar-refractivity contribution is 8.00. The van der Waals surface area contributed by atoms with Gasteiger partial charge in [0.2, 0.25) is 0 Å². The molecule has 0 amide bonds. The molecule has 3 heteroatoms. The number of rotatable bonds is 1. The van der Waals surface area contributed by atoms with Gasteiger partial charge < -0.3 is 10.2 Å². The van der Waals surface area contributed by atoms with E-state index < -0.39 is 4.93 Å². The Morgan fingerprint density at radius 3 is 2.35 bits per heavy atom. The molecule has 0 bridgehead atoms. The van der Waals surface area contributed by atoms with Crippen LogP contribution in [0.25, 0.3) is 0 Å². The van der Waals surface area contributed by atoms with Crippen LogP contribution in [-0.2, 0) is 4.93 Å². The Kier molecular flexibility index (Phi) is 2.38. The number of aromatic hydroxyl groups is 1. The molecule has 0 fully saturated rings. The van der Waals surface area contributed by atoms with Gasteiger partial charge in [0.1, 0.15) is 10.7 Å². The van der Waals surface area contributed by atoms with Crippen LogP contribution in [0, 0.1) is 6.42 Å². The van der Waals surface area contributed by atoms with Gasteiger partial charge in [-0.25, -0.2) is 0 Å². The van der Waals surface area contributed by atoms with Crippen LogP contribution in [0.15, 0.2) is 53.4 Å². The predicted molar refractivity (Wildman–Crippen MR) is 67.7 cm³/mol. The van der Waals surface area contributed by atoms with Crippen LogP contribution in [0.5, 0.6) is 5.75 Å². The molecule has 2 N–H and O–H groups in total. The minimum absolute atomic E-state index is 0.206. The van der Waals surface area contributed by atoms with Crippen molar-refractivity contribution in [3.05, 3.63) is 66.1 Å². The maximum Gasteiger partial charge on any atom is 0.148 e. The van der Waals surface area contributed by atoms with E-state index >= 15 is 0 Å². The van der Waals surface area contributed by atoms with Crippen molar-refractivity contribution in [1.82, 2.24) is 0 Å². The zero-order valence-corrected chi connectivity index (χ0v) is 9.82. The van der Waals surface area contributed by atoms with Crippen LogP contribution in [-0.4, -0.2) is 10.2 Å². The van der Waals surface area contributed by atoms with Crippen molar-refractivity contribution in [1.29, 1.82) is 0 Å². The van der Waals surface area contributed by atoms with Crippen LogP contribution in [0.1, 0.15) is 11.1 Å². The molecule has 0 saturated carbocycles. The SMILES string of the molecule is Oc1ccc(C2(O)[CH]c3ccccc3S2)cc1. The van der Waals surface area contributed by atoms with Gasteiger partial charge in [0.25, 0.3) is 0 Å². The number of thioether (sulfide) groups is 1. The van der Waals surface area contributed by atoms with E-state index in [0.29, 0.717) is 0 Å². The van der Waals surface area contributed by atoms with Crippen molar-refractivity contribution in [2.45, 2.75) is 9.83 Å². The molecule has 0 aliphatic carbocycles. The highest BCUT2D eigenvalue weighted by atomic mass is 32.2. The van der Waals surface area contributed by atoms with Crippen molar-refractivity contribution in [3.63, 3.8) is 0 Å². The van der Waals surface area contributed by atoms with E-state index in [1.165, 1.54) is 11.8 Å². The molecule has 2 aromatic rings. The fourth-order valence-electron chi connectivity index (χ4n) is 1.94. The van der Waals surface area contributed by atoms with Crippen LogP contribution in [0.3, 0.4) is 0 Å². The maximum atomic E-state index is 10.6. The molecule has 1 unspecified atom stereocenters. The molecule has 0 saturated heterocycles. The quantitative estimate of drug-likeness (QED) is 0.809. The Balaban J connectivity index is 1.98. The lowest BCUT2D eigenvalue weighted by molar-refractivity contribution is 0.179. The van der Waals surface area contributed by atoms with Crippen molar-refractivity contribution in [3.8, 4) is 5.75 Å². The average molecular weight is 243 g/mol. The average Bonchev–Trinajstić information content (AvgIpc) is 2.67. The Morgan fingerprint density at radius 2 is 1.65 bits per heavy atom. The van der Waals surface area contributed by atoms with Crippen molar-refractivity contribution in [2.24, 2.45) is 0 Å². The molecule has 1 heterocycles. The number of benzene rings is 2. The molecule has 2 aromatic carbocycles. The Bertz CT molecular complexity index is 523. The van der Waals surface area contributed by atoms with Crippen molar-refractivity contribution < 1.29 is 10.2 Å². The third kappa shape index (κ3) is 1.81.